The molecule has 0 saturated heterocycles. The van der Waals surface area contributed by atoms with E-state index in [4.69, 9.17) is 4.74 Å². The monoisotopic (exact) mass is 399 g/mol. The smallest absolute Gasteiger partial charge is 0.339 e. The SMILES string of the molecule is Cc1cc(C)c(NC(=O)[C@@H](C)OC(=O)c2ccc(N(C)C)c([N+](=O)[O-])c2)c(C)c1. The van der Waals surface area contributed by atoms with Crippen molar-refractivity contribution in [1.82, 2.24) is 0 Å². The van der Waals surface area contributed by atoms with E-state index in [-0.39, 0.29) is 11.3 Å². The van der Waals surface area contributed by atoms with Gasteiger partial charge >= 0.3 is 5.97 Å². The molecule has 0 fully saturated rings. The summed E-state index contributed by atoms with van der Waals surface area (Å²) in [6.45, 7) is 7.20. The van der Waals surface area contributed by atoms with E-state index in [0.29, 0.717) is 11.4 Å². The van der Waals surface area contributed by atoms with Gasteiger partial charge in [0.2, 0.25) is 0 Å². The number of anilines is 2. The van der Waals surface area contributed by atoms with Gasteiger partial charge in [0.1, 0.15) is 5.69 Å². The zero-order valence-electron chi connectivity index (χ0n) is 17.4. The summed E-state index contributed by atoms with van der Waals surface area (Å²) in [5.41, 5.74) is 3.73. The van der Waals surface area contributed by atoms with E-state index in [1.165, 1.54) is 19.1 Å². The lowest BCUT2D eigenvalue weighted by Crippen LogP contribution is -2.30. The van der Waals surface area contributed by atoms with Gasteiger partial charge in [-0.1, -0.05) is 17.7 Å². The standard InChI is InChI=1S/C21H25N3O5/c1-12-9-13(2)19(14(3)10-12)22-20(25)15(4)29-21(26)16-7-8-17(23(5)6)18(11-16)24(27)28/h7-11,15H,1-6H3,(H,22,25)/t15-/m1/s1. The van der Waals surface area contributed by atoms with Crippen molar-refractivity contribution >= 4 is 28.9 Å². The van der Waals surface area contributed by atoms with Gasteiger partial charge in [-0.05, 0) is 51.0 Å². The Morgan fingerprint density at radius 1 is 1.10 bits per heavy atom. The van der Waals surface area contributed by atoms with Crippen LogP contribution in [0.3, 0.4) is 0 Å². The van der Waals surface area contributed by atoms with Gasteiger partial charge < -0.3 is 15.0 Å². The second-order valence-corrected chi connectivity index (χ2v) is 7.17. The molecule has 1 amide bonds. The molecule has 154 valence electrons. The van der Waals surface area contributed by atoms with Crippen molar-refractivity contribution in [2.45, 2.75) is 33.8 Å². The minimum Gasteiger partial charge on any atom is -0.449 e. The van der Waals surface area contributed by atoms with Crippen molar-refractivity contribution in [3.05, 3.63) is 62.7 Å². The highest BCUT2D eigenvalue weighted by Crippen LogP contribution is 2.28. The fourth-order valence-electron chi connectivity index (χ4n) is 3.06. The van der Waals surface area contributed by atoms with Gasteiger partial charge in [0.25, 0.3) is 11.6 Å². The topological polar surface area (TPSA) is 102 Å². The number of benzene rings is 2. The lowest BCUT2D eigenvalue weighted by atomic mass is 10.0. The van der Waals surface area contributed by atoms with E-state index in [1.54, 1.807) is 19.0 Å². The number of carbonyl (C=O) groups is 2. The zero-order valence-corrected chi connectivity index (χ0v) is 17.4. The number of hydrogen-bond donors (Lipinski definition) is 1. The molecule has 0 unspecified atom stereocenters. The van der Waals surface area contributed by atoms with E-state index in [1.807, 2.05) is 32.9 Å². The van der Waals surface area contributed by atoms with Crippen molar-refractivity contribution in [2.24, 2.45) is 0 Å². The van der Waals surface area contributed by atoms with Crippen molar-refractivity contribution in [2.75, 3.05) is 24.3 Å². The van der Waals surface area contributed by atoms with Crippen LogP contribution in [0.5, 0.6) is 0 Å². The number of nitrogens with one attached hydrogen (secondary N) is 1. The number of esters is 1. The maximum atomic E-state index is 12.5. The molecule has 0 spiro atoms. The van der Waals surface area contributed by atoms with Crippen molar-refractivity contribution < 1.29 is 19.2 Å². The molecule has 0 bridgehead atoms. The number of rotatable bonds is 6. The molecular weight excluding hydrogens is 374 g/mol. The third-order valence-corrected chi connectivity index (χ3v) is 4.47. The summed E-state index contributed by atoms with van der Waals surface area (Å²) in [6.07, 6.45) is -1.07. The van der Waals surface area contributed by atoms with Crippen molar-refractivity contribution in [3.63, 3.8) is 0 Å². The second-order valence-electron chi connectivity index (χ2n) is 7.17. The van der Waals surface area contributed by atoms with E-state index in [0.717, 1.165) is 22.8 Å². The number of aryl methyl sites for hydroxylation is 3. The minimum absolute atomic E-state index is 0.00430. The number of amides is 1. The van der Waals surface area contributed by atoms with Gasteiger partial charge in [0, 0.05) is 25.8 Å². The second kappa shape index (κ2) is 8.72. The van der Waals surface area contributed by atoms with Gasteiger partial charge in [0.05, 0.1) is 10.5 Å². The Bertz CT molecular complexity index is 946. The van der Waals surface area contributed by atoms with Crippen LogP contribution in [0.1, 0.15) is 34.0 Å². The molecule has 0 aliphatic carbocycles. The first-order valence-corrected chi connectivity index (χ1v) is 9.06. The summed E-state index contributed by atoms with van der Waals surface area (Å²) in [5, 5.41) is 14.1. The van der Waals surface area contributed by atoms with Crippen LogP contribution in [0.4, 0.5) is 17.1 Å². The number of nitro benzene ring substituents is 1. The van der Waals surface area contributed by atoms with E-state index in [2.05, 4.69) is 5.32 Å². The largest absolute Gasteiger partial charge is 0.449 e. The molecule has 29 heavy (non-hydrogen) atoms. The fraction of sp³-hybridized carbons (Fsp3) is 0.333. The molecule has 0 radical (unpaired) electrons. The Morgan fingerprint density at radius 3 is 2.21 bits per heavy atom. The molecule has 2 rings (SSSR count). The number of hydrogen-bond acceptors (Lipinski definition) is 6. The highest BCUT2D eigenvalue weighted by atomic mass is 16.6. The first-order chi connectivity index (χ1) is 13.5. The molecule has 0 aliphatic rings. The predicted octanol–water partition coefficient (Wildman–Crippen LogP) is 3.77. The van der Waals surface area contributed by atoms with Crippen molar-refractivity contribution in [3.8, 4) is 0 Å². The Morgan fingerprint density at radius 2 is 1.69 bits per heavy atom. The first kappa shape index (κ1) is 21.9. The molecule has 2 aromatic rings. The maximum absolute atomic E-state index is 12.5. The molecule has 8 heteroatoms. The van der Waals surface area contributed by atoms with E-state index in [9.17, 15) is 19.7 Å². The molecule has 2 aromatic carbocycles. The average Bonchev–Trinajstić information content (AvgIpc) is 2.63. The van der Waals surface area contributed by atoms with Crippen LogP contribution >= 0.6 is 0 Å². The number of nitro groups is 1. The summed E-state index contributed by atoms with van der Waals surface area (Å²) in [5.74, 6) is -1.29. The molecular formula is C21H25N3O5. The summed E-state index contributed by atoms with van der Waals surface area (Å²) in [7, 11) is 3.34. The quantitative estimate of drug-likeness (QED) is 0.451. The molecule has 0 aromatic heterocycles. The number of carbonyl (C=O) groups excluding carboxylic acids is 2. The van der Waals surface area contributed by atoms with Crippen LogP contribution in [0.25, 0.3) is 0 Å². The highest BCUT2D eigenvalue weighted by Gasteiger charge is 2.23. The third-order valence-electron chi connectivity index (χ3n) is 4.47. The summed E-state index contributed by atoms with van der Waals surface area (Å²) >= 11 is 0. The van der Waals surface area contributed by atoms with Gasteiger partial charge in [0.15, 0.2) is 6.10 Å². The van der Waals surface area contributed by atoms with Crippen molar-refractivity contribution in [1.29, 1.82) is 0 Å². The molecule has 0 saturated carbocycles. The van der Waals surface area contributed by atoms with Crippen LogP contribution in [-0.2, 0) is 9.53 Å². The summed E-state index contributed by atoms with van der Waals surface area (Å²) < 4.78 is 5.22. The molecule has 8 nitrogen and oxygen atoms in total. The van der Waals surface area contributed by atoms with Gasteiger partial charge in [-0.2, -0.15) is 0 Å². The van der Waals surface area contributed by atoms with Gasteiger partial charge in [-0.3, -0.25) is 14.9 Å². The van der Waals surface area contributed by atoms with E-state index >= 15 is 0 Å². The Labute approximate surface area is 169 Å². The van der Waals surface area contributed by atoms with Crippen LogP contribution in [-0.4, -0.2) is 37.0 Å². The lowest BCUT2D eigenvalue weighted by molar-refractivity contribution is -0.384. The molecule has 1 atom stereocenters. The predicted molar refractivity (Wildman–Crippen MR) is 112 cm³/mol. The number of nitrogens with zero attached hydrogens (tertiary/aromatic N) is 2. The summed E-state index contributed by atoms with van der Waals surface area (Å²) in [6, 6.07) is 7.95. The van der Waals surface area contributed by atoms with Crippen LogP contribution in [0, 0.1) is 30.9 Å². The Balaban J connectivity index is 2.15. The Hall–Kier alpha value is -3.42. The zero-order chi connectivity index (χ0) is 21.9. The average molecular weight is 399 g/mol. The third kappa shape index (κ3) is 5.10. The molecule has 0 aliphatic heterocycles. The first-order valence-electron chi connectivity index (χ1n) is 9.06. The fourth-order valence-corrected chi connectivity index (χ4v) is 3.06. The highest BCUT2D eigenvalue weighted by molar-refractivity contribution is 5.98. The molecule has 1 N–H and O–H groups in total. The van der Waals surface area contributed by atoms with E-state index < -0.39 is 22.9 Å². The van der Waals surface area contributed by atoms with Crippen LogP contribution in [0.2, 0.25) is 0 Å². The van der Waals surface area contributed by atoms with Gasteiger partial charge in [-0.25, -0.2) is 4.79 Å². The molecule has 0 heterocycles. The van der Waals surface area contributed by atoms with Gasteiger partial charge in [-0.15, -0.1) is 0 Å². The Kier molecular flexibility index (Phi) is 6.58. The lowest BCUT2D eigenvalue weighted by Gasteiger charge is -2.17. The normalized spacial score (nSPS) is 11.5. The maximum Gasteiger partial charge on any atom is 0.339 e. The minimum atomic E-state index is -1.07. The summed E-state index contributed by atoms with van der Waals surface area (Å²) in [4.78, 5) is 37.2. The van der Waals surface area contributed by atoms with Crippen LogP contribution in [0.15, 0.2) is 30.3 Å². The number of ether oxygens (including phenoxy) is 1. The van der Waals surface area contributed by atoms with Crippen LogP contribution < -0.4 is 10.2 Å².